The lowest BCUT2D eigenvalue weighted by molar-refractivity contribution is -0.114. The highest BCUT2D eigenvalue weighted by Gasteiger charge is 2.17. The Labute approximate surface area is 179 Å². The van der Waals surface area contributed by atoms with E-state index in [1.54, 1.807) is 17.5 Å². The quantitative estimate of drug-likeness (QED) is 0.450. The van der Waals surface area contributed by atoms with E-state index in [0.717, 1.165) is 28.0 Å². The number of thiophene rings is 1. The molecule has 2 heterocycles. The van der Waals surface area contributed by atoms with E-state index >= 15 is 0 Å². The van der Waals surface area contributed by atoms with E-state index in [1.807, 2.05) is 36.4 Å². The molecule has 30 heavy (non-hydrogen) atoms. The molecular weight excluding hydrogens is 416 g/mol. The molecular formula is C23H20N2O3S2. The zero-order chi connectivity index (χ0) is 21.1. The fourth-order valence-corrected chi connectivity index (χ4v) is 5.32. The predicted octanol–water partition coefficient (Wildman–Crippen LogP) is 4.58. The number of amides is 1. The predicted molar refractivity (Wildman–Crippen MR) is 121 cm³/mol. The lowest BCUT2D eigenvalue weighted by Gasteiger charge is -2.09. The third kappa shape index (κ3) is 4.22. The summed E-state index contributed by atoms with van der Waals surface area (Å²) in [7, 11) is -3.84. The van der Waals surface area contributed by atoms with Crippen LogP contribution >= 0.6 is 11.3 Å². The van der Waals surface area contributed by atoms with Gasteiger partial charge in [0.2, 0.25) is 0 Å². The minimum Gasteiger partial charge on any atom is -0.343 e. The molecule has 0 saturated carbocycles. The number of benzene rings is 2. The van der Waals surface area contributed by atoms with Crippen molar-refractivity contribution in [2.75, 3.05) is 0 Å². The molecule has 0 atom stereocenters. The lowest BCUT2D eigenvalue weighted by Crippen LogP contribution is -2.28. The fraction of sp³-hybridized carbons (Fsp3) is 0.0870. The van der Waals surface area contributed by atoms with Crippen LogP contribution in [0.1, 0.15) is 16.7 Å². The summed E-state index contributed by atoms with van der Waals surface area (Å²) in [5.41, 5.74) is 4.24. The average molecular weight is 437 g/mol. The number of sulfonamides is 1. The third-order valence-electron chi connectivity index (χ3n) is 4.79. The number of hydrogen-bond donors (Lipinski definition) is 1. The summed E-state index contributed by atoms with van der Waals surface area (Å²) in [5.74, 6) is -0.680. The Bertz CT molecular complexity index is 1330. The molecule has 0 radical (unpaired) electrons. The fourth-order valence-electron chi connectivity index (χ4n) is 3.38. The first kappa shape index (κ1) is 20.1. The molecule has 0 unspecified atom stereocenters. The van der Waals surface area contributed by atoms with Gasteiger partial charge in [0.1, 0.15) is 4.21 Å². The van der Waals surface area contributed by atoms with E-state index in [0.29, 0.717) is 6.54 Å². The molecule has 2 aromatic heterocycles. The molecule has 0 spiro atoms. The van der Waals surface area contributed by atoms with Crippen LogP contribution < -0.4 is 4.72 Å². The number of para-hydroxylation sites is 1. The van der Waals surface area contributed by atoms with Crippen LogP contribution in [0, 0.1) is 6.92 Å². The molecule has 0 fully saturated rings. The largest absolute Gasteiger partial charge is 0.343 e. The molecule has 2 aromatic carbocycles. The third-order valence-corrected chi connectivity index (χ3v) is 7.54. The zero-order valence-corrected chi connectivity index (χ0v) is 17.9. The second-order valence-corrected chi connectivity index (χ2v) is 9.75. The molecule has 5 nitrogen and oxygen atoms in total. The van der Waals surface area contributed by atoms with Crippen molar-refractivity contribution in [1.29, 1.82) is 0 Å². The minimum atomic E-state index is -3.84. The topological polar surface area (TPSA) is 68.2 Å². The van der Waals surface area contributed by atoms with E-state index in [-0.39, 0.29) is 4.21 Å². The van der Waals surface area contributed by atoms with Gasteiger partial charge in [-0.3, -0.25) is 4.79 Å². The monoisotopic (exact) mass is 436 g/mol. The standard InChI is InChI=1S/C23H20N2O3S2/c1-17-15-25(21-10-5-4-9-20(17)21)16-19-8-3-2-7-18(19)12-13-22(26)24-30(27,28)23-11-6-14-29-23/h2-15H,16H2,1H3,(H,24,26)/b13-12+. The molecule has 0 saturated heterocycles. The van der Waals surface area contributed by atoms with Crippen LogP contribution in [-0.2, 0) is 21.4 Å². The summed E-state index contributed by atoms with van der Waals surface area (Å²) in [5, 5.41) is 2.86. The van der Waals surface area contributed by atoms with Crippen molar-refractivity contribution >= 4 is 44.2 Å². The Morgan fingerprint density at radius 2 is 1.83 bits per heavy atom. The van der Waals surface area contributed by atoms with Crippen molar-refractivity contribution in [3.63, 3.8) is 0 Å². The van der Waals surface area contributed by atoms with Gasteiger partial charge in [0.15, 0.2) is 0 Å². The van der Waals surface area contributed by atoms with Gasteiger partial charge in [-0.25, -0.2) is 13.1 Å². The van der Waals surface area contributed by atoms with Gasteiger partial charge in [-0.15, -0.1) is 11.3 Å². The van der Waals surface area contributed by atoms with Crippen molar-refractivity contribution in [3.8, 4) is 0 Å². The van der Waals surface area contributed by atoms with Gasteiger partial charge in [0.25, 0.3) is 15.9 Å². The van der Waals surface area contributed by atoms with E-state index < -0.39 is 15.9 Å². The van der Waals surface area contributed by atoms with Crippen LogP contribution in [0.15, 0.2) is 82.5 Å². The van der Waals surface area contributed by atoms with Gasteiger partial charge >= 0.3 is 0 Å². The number of carbonyl (C=O) groups excluding carboxylic acids is 1. The van der Waals surface area contributed by atoms with E-state index in [9.17, 15) is 13.2 Å². The molecule has 0 aliphatic rings. The van der Waals surface area contributed by atoms with Gasteiger partial charge in [-0.2, -0.15) is 0 Å². The van der Waals surface area contributed by atoms with Crippen molar-refractivity contribution in [2.24, 2.45) is 0 Å². The van der Waals surface area contributed by atoms with Crippen LogP contribution in [0.2, 0.25) is 0 Å². The van der Waals surface area contributed by atoms with E-state index in [4.69, 9.17) is 0 Å². The first-order valence-electron chi connectivity index (χ1n) is 9.35. The minimum absolute atomic E-state index is 0.111. The molecule has 0 aliphatic heterocycles. The molecule has 0 aliphatic carbocycles. The number of nitrogens with zero attached hydrogens (tertiary/aromatic N) is 1. The number of rotatable bonds is 6. The van der Waals surface area contributed by atoms with Crippen LogP contribution in [0.3, 0.4) is 0 Å². The van der Waals surface area contributed by atoms with Crippen molar-refractivity contribution in [3.05, 3.63) is 95.0 Å². The average Bonchev–Trinajstić information content (AvgIpc) is 3.37. The van der Waals surface area contributed by atoms with Crippen LogP contribution in [0.4, 0.5) is 0 Å². The summed E-state index contributed by atoms with van der Waals surface area (Å²) >= 11 is 1.06. The highest BCUT2D eigenvalue weighted by molar-refractivity contribution is 7.92. The Hall–Kier alpha value is -3.16. The SMILES string of the molecule is Cc1cn(Cc2ccccc2/C=C/C(=O)NS(=O)(=O)c2cccs2)c2ccccc12. The molecule has 152 valence electrons. The Morgan fingerprint density at radius 3 is 2.63 bits per heavy atom. The summed E-state index contributed by atoms with van der Waals surface area (Å²) in [6.45, 7) is 2.73. The summed E-state index contributed by atoms with van der Waals surface area (Å²) in [6.07, 6.45) is 5.02. The number of nitrogens with one attached hydrogen (secondary N) is 1. The first-order chi connectivity index (χ1) is 14.4. The summed E-state index contributed by atoms with van der Waals surface area (Å²) in [6, 6.07) is 19.1. The van der Waals surface area contributed by atoms with Crippen molar-refractivity contribution in [2.45, 2.75) is 17.7 Å². The molecule has 0 bridgehead atoms. The number of carbonyl (C=O) groups is 1. The van der Waals surface area contributed by atoms with Gasteiger partial charge in [-0.05, 0) is 47.2 Å². The van der Waals surface area contributed by atoms with Crippen molar-refractivity contribution < 1.29 is 13.2 Å². The molecule has 1 amide bonds. The van der Waals surface area contributed by atoms with Crippen LogP contribution in [0.25, 0.3) is 17.0 Å². The Balaban J connectivity index is 1.55. The van der Waals surface area contributed by atoms with Gasteiger partial charge in [-0.1, -0.05) is 48.5 Å². The molecule has 7 heteroatoms. The molecule has 1 N–H and O–H groups in total. The number of hydrogen-bond acceptors (Lipinski definition) is 4. The second kappa shape index (κ2) is 8.30. The summed E-state index contributed by atoms with van der Waals surface area (Å²) < 4.78 is 28.7. The molecule has 4 aromatic rings. The smallest absolute Gasteiger partial charge is 0.273 e. The van der Waals surface area contributed by atoms with Crippen molar-refractivity contribution in [1.82, 2.24) is 9.29 Å². The van der Waals surface area contributed by atoms with Crippen LogP contribution in [-0.4, -0.2) is 18.9 Å². The number of aromatic nitrogens is 1. The highest BCUT2D eigenvalue weighted by Crippen LogP contribution is 2.23. The lowest BCUT2D eigenvalue weighted by atomic mass is 10.1. The highest BCUT2D eigenvalue weighted by atomic mass is 32.2. The summed E-state index contributed by atoms with van der Waals surface area (Å²) in [4.78, 5) is 12.2. The Kier molecular flexibility index (Phi) is 5.57. The van der Waals surface area contributed by atoms with Gasteiger partial charge < -0.3 is 4.57 Å². The zero-order valence-electron chi connectivity index (χ0n) is 16.3. The van der Waals surface area contributed by atoms with E-state index in [1.165, 1.54) is 23.1 Å². The maximum absolute atomic E-state index is 12.2. The second-order valence-electron chi connectivity index (χ2n) is 6.89. The van der Waals surface area contributed by atoms with E-state index in [2.05, 4.69) is 34.5 Å². The maximum atomic E-state index is 12.2. The van der Waals surface area contributed by atoms with Crippen LogP contribution in [0.5, 0.6) is 0 Å². The number of aryl methyl sites for hydroxylation is 1. The van der Waals surface area contributed by atoms with Gasteiger partial charge in [0.05, 0.1) is 0 Å². The number of fused-ring (bicyclic) bond motifs is 1. The maximum Gasteiger partial charge on any atom is 0.273 e. The normalized spacial score (nSPS) is 11.9. The Morgan fingerprint density at radius 1 is 1.07 bits per heavy atom. The molecule has 4 rings (SSSR count). The first-order valence-corrected chi connectivity index (χ1v) is 11.7. The van der Waals surface area contributed by atoms with Gasteiger partial charge in [0, 0.05) is 29.7 Å².